The largest absolute Gasteiger partial charge is 0.451 e. The number of Topliss-reactive ketones (excluding diaryl/α,β-unsaturated/α-hetero) is 1. The number of benzene rings is 2. The molecule has 0 radical (unpaired) electrons. The van der Waals surface area contributed by atoms with Crippen LogP contribution in [0.15, 0.2) is 42.5 Å². The van der Waals surface area contributed by atoms with Gasteiger partial charge in [0.05, 0.1) is 5.56 Å². The number of anilines is 1. The molecule has 2 N–H and O–H groups in total. The number of rotatable bonds is 5. The van der Waals surface area contributed by atoms with Crippen molar-refractivity contribution in [2.45, 2.75) is 26.4 Å². The SMILES string of the molecule is CC(=O)N1CCc2cc(C(=O)C(C)OC(=O)c3ccc(C(N)=O)cc3)ccc21. The highest BCUT2D eigenvalue weighted by atomic mass is 16.5. The van der Waals surface area contributed by atoms with E-state index >= 15 is 0 Å². The molecule has 1 heterocycles. The number of nitrogens with zero attached hydrogens (tertiary/aromatic N) is 1. The lowest BCUT2D eigenvalue weighted by atomic mass is 10.0. The van der Waals surface area contributed by atoms with E-state index in [1.165, 1.54) is 38.1 Å². The number of carbonyl (C=O) groups is 4. The van der Waals surface area contributed by atoms with Crippen molar-refractivity contribution in [3.05, 3.63) is 64.7 Å². The summed E-state index contributed by atoms with van der Waals surface area (Å²) in [6.07, 6.45) is -0.303. The van der Waals surface area contributed by atoms with Gasteiger partial charge in [0, 0.05) is 30.3 Å². The highest BCUT2D eigenvalue weighted by Gasteiger charge is 2.25. The number of esters is 1. The Balaban J connectivity index is 1.70. The number of hydrogen-bond acceptors (Lipinski definition) is 5. The van der Waals surface area contributed by atoms with Crippen molar-refractivity contribution in [2.24, 2.45) is 5.73 Å². The van der Waals surface area contributed by atoms with E-state index in [1.54, 1.807) is 23.1 Å². The van der Waals surface area contributed by atoms with E-state index in [0.717, 1.165) is 11.3 Å². The molecule has 0 aromatic heterocycles. The summed E-state index contributed by atoms with van der Waals surface area (Å²) in [4.78, 5) is 49.3. The molecule has 1 aliphatic rings. The van der Waals surface area contributed by atoms with Gasteiger partial charge in [-0.1, -0.05) is 0 Å². The van der Waals surface area contributed by atoms with E-state index in [4.69, 9.17) is 10.5 Å². The maximum absolute atomic E-state index is 12.7. The molecular weight excluding hydrogens is 360 g/mol. The molecule has 2 aromatic rings. The van der Waals surface area contributed by atoms with E-state index < -0.39 is 18.0 Å². The Kier molecular flexibility index (Phi) is 5.26. The van der Waals surface area contributed by atoms with Crippen molar-refractivity contribution in [3.63, 3.8) is 0 Å². The van der Waals surface area contributed by atoms with Crippen molar-refractivity contribution in [3.8, 4) is 0 Å². The van der Waals surface area contributed by atoms with Gasteiger partial charge in [-0.05, 0) is 61.4 Å². The minimum absolute atomic E-state index is 0.0394. The van der Waals surface area contributed by atoms with E-state index in [9.17, 15) is 19.2 Å². The molecule has 7 nitrogen and oxygen atoms in total. The average Bonchev–Trinajstić information content (AvgIpc) is 3.10. The third-order valence-electron chi connectivity index (χ3n) is 4.70. The van der Waals surface area contributed by atoms with Crippen LogP contribution in [-0.2, 0) is 16.0 Å². The zero-order valence-corrected chi connectivity index (χ0v) is 15.6. The molecule has 1 atom stereocenters. The van der Waals surface area contributed by atoms with Gasteiger partial charge in [0.2, 0.25) is 17.6 Å². The van der Waals surface area contributed by atoms with Gasteiger partial charge in [-0.3, -0.25) is 14.4 Å². The highest BCUT2D eigenvalue weighted by molar-refractivity contribution is 6.03. The molecule has 0 fully saturated rings. The smallest absolute Gasteiger partial charge is 0.338 e. The number of nitrogens with two attached hydrogens (primary N) is 1. The number of ether oxygens (including phenoxy) is 1. The van der Waals surface area contributed by atoms with Crippen LogP contribution < -0.4 is 10.6 Å². The second kappa shape index (κ2) is 7.64. The minimum Gasteiger partial charge on any atom is -0.451 e. The van der Waals surface area contributed by atoms with Crippen LogP contribution in [-0.4, -0.2) is 36.2 Å². The van der Waals surface area contributed by atoms with E-state index in [2.05, 4.69) is 0 Å². The molecule has 28 heavy (non-hydrogen) atoms. The lowest BCUT2D eigenvalue weighted by Gasteiger charge is -2.16. The first-order chi connectivity index (χ1) is 13.3. The number of amides is 2. The molecule has 7 heteroatoms. The summed E-state index contributed by atoms with van der Waals surface area (Å²) in [5.41, 5.74) is 7.81. The van der Waals surface area contributed by atoms with Crippen LogP contribution in [0, 0.1) is 0 Å². The van der Waals surface area contributed by atoms with Crippen LogP contribution in [0.3, 0.4) is 0 Å². The zero-order valence-electron chi connectivity index (χ0n) is 15.6. The summed E-state index contributed by atoms with van der Waals surface area (Å²) < 4.78 is 5.26. The number of ketones is 1. The Morgan fingerprint density at radius 1 is 1.00 bits per heavy atom. The van der Waals surface area contributed by atoms with Crippen molar-refractivity contribution in [1.82, 2.24) is 0 Å². The lowest BCUT2D eigenvalue weighted by Crippen LogP contribution is -2.26. The molecule has 2 aromatic carbocycles. The molecule has 0 spiro atoms. The first-order valence-corrected chi connectivity index (χ1v) is 8.84. The van der Waals surface area contributed by atoms with Gasteiger partial charge in [-0.2, -0.15) is 0 Å². The Morgan fingerprint density at radius 3 is 2.21 bits per heavy atom. The normalized spacial score (nSPS) is 13.6. The zero-order chi connectivity index (χ0) is 20.4. The Hall–Kier alpha value is -3.48. The van der Waals surface area contributed by atoms with Crippen LogP contribution >= 0.6 is 0 Å². The standard InChI is InChI=1S/C21H20N2O5/c1-12(28-21(27)15-5-3-14(4-6-15)20(22)26)19(25)17-7-8-18-16(11-17)9-10-23(18)13(2)24/h3-8,11-12H,9-10H2,1-2H3,(H2,22,26). The number of fused-ring (bicyclic) bond motifs is 1. The maximum Gasteiger partial charge on any atom is 0.338 e. The van der Waals surface area contributed by atoms with Crippen LogP contribution in [0.5, 0.6) is 0 Å². The van der Waals surface area contributed by atoms with Crippen molar-refractivity contribution in [2.75, 3.05) is 11.4 Å². The Morgan fingerprint density at radius 2 is 1.61 bits per heavy atom. The van der Waals surface area contributed by atoms with Gasteiger partial charge >= 0.3 is 5.97 Å². The number of primary amides is 1. The molecular formula is C21H20N2O5. The lowest BCUT2D eigenvalue weighted by molar-refractivity contribution is -0.116. The molecule has 144 valence electrons. The second-order valence-corrected chi connectivity index (χ2v) is 6.62. The van der Waals surface area contributed by atoms with E-state index in [0.29, 0.717) is 18.5 Å². The summed E-state index contributed by atoms with van der Waals surface area (Å²) in [5.74, 6) is -1.63. The van der Waals surface area contributed by atoms with Crippen molar-refractivity contribution >= 4 is 29.3 Å². The molecule has 0 aliphatic carbocycles. The quantitative estimate of drug-likeness (QED) is 0.632. The van der Waals surface area contributed by atoms with Gasteiger partial charge in [-0.15, -0.1) is 0 Å². The number of hydrogen-bond donors (Lipinski definition) is 1. The Labute approximate surface area is 162 Å². The fourth-order valence-electron chi connectivity index (χ4n) is 3.17. The molecule has 0 bridgehead atoms. The van der Waals surface area contributed by atoms with Gasteiger partial charge < -0.3 is 15.4 Å². The van der Waals surface area contributed by atoms with Crippen LogP contribution in [0.1, 0.15) is 50.5 Å². The van der Waals surface area contributed by atoms with Gasteiger partial charge in [0.1, 0.15) is 0 Å². The highest BCUT2D eigenvalue weighted by Crippen LogP contribution is 2.29. The first-order valence-electron chi connectivity index (χ1n) is 8.84. The van der Waals surface area contributed by atoms with E-state index in [1.807, 2.05) is 0 Å². The molecule has 3 rings (SSSR count). The molecule has 1 aliphatic heterocycles. The fourth-order valence-corrected chi connectivity index (χ4v) is 3.17. The molecule has 0 saturated heterocycles. The Bertz CT molecular complexity index is 965. The fraction of sp³-hybridized carbons (Fsp3) is 0.238. The maximum atomic E-state index is 12.7. The van der Waals surface area contributed by atoms with Gasteiger partial charge in [0.15, 0.2) is 6.10 Å². The third kappa shape index (κ3) is 3.78. The van der Waals surface area contributed by atoms with Gasteiger partial charge in [0.25, 0.3) is 0 Å². The molecule has 2 amide bonds. The molecule has 0 saturated carbocycles. The minimum atomic E-state index is -0.980. The molecule has 1 unspecified atom stereocenters. The van der Waals surface area contributed by atoms with Crippen molar-refractivity contribution < 1.29 is 23.9 Å². The predicted molar refractivity (Wildman–Crippen MR) is 102 cm³/mol. The summed E-state index contributed by atoms with van der Waals surface area (Å²) >= 11 is 0. The van der Waals surface area contributed by atoms with Gasteiger partial charge in [-0.25, -0.2) is 4.79 Å². The first kappa shape index (κ1) is 19.3. The summed E-state index contributed by atoms with van der Waals surface area (Å²) in [6.45, 7) is 3.60. The summed E-state index contributed by atoms with van der Waals surface area (Å²) in [7, 11) is 0. The van der Waals surface area contributed by atoms with Crippen molar-refractivity contribution in [1.29, 1.82) is 0 Å². The average molecular weight is 380 g/mol. The second-order valence-electron chi connectivity index (χ2n) is 6.62. The predicted octanol–water partition coefficient (Wildman–Crippen LogP) is 2.12. The third-order valence-corrected chi connectivity index (χ3v) is 4.70. The number of carbonyl (C=O) groups excluding carboxylic acids is 4. The van der Waals surface area contributed by atoms with Crippen LogP contribution in [0.4, 0.5) is 5.69 Å². The summed E-state index contributed by atoms with van der Waals surface area (Å²) in [6, 6.07) is 10.8. The monoisotopic (exact) mass is 380 g/mol. The summed E-state index contributed by atoms with van der Waals surface area (Å²) in [5, 5.41) is 0. The van der Waals surface area contributed by atoms with E-state index in [-0.39, 0.29) is 22.8 Å². The van der Waals surface area contributed by atoms with Crippen LogP contribution in [0.25, 0.3) is 0 Å². The van der Waals surface area contributed by atoms with Crippen LogP contribution in [0.2, 0.25) is 0 Å². The topological polar surface area (TPSA) is 107 Å².